The minimum Gasteiger partial charge on any atom is -0.350 e. The number of rotatable bonds is 4. The molecule has 1 aliphatic rings. The molecule has 0 aliphatic carbocycles. The van der Waals surface area contributed by atoms with Gasteiger partial charge in [-0.2, -0.15) is 0 Å². The van der Waals surface area contributed by atoms with Gasteiger partial charge in [0, 0.05) is 5.54 Å². The summed E-state index contributed by atoms with van der Waals surface area (Å²) in [7, 11) is 0. The van der Waals surface area contributed by atoms with Gasteiger partial charge in [-0.3, -0.25) is 9.59 Å². The lowest BCUT2D eigenvalue weighted by Crippen LogP contribution is -2.58. The zero-order chi connectivity index (χ0) is 14.7. The lowest BCUT2D eigenvalue weighted by atomic mass is 9.93. The average molecular weight is 306 g/mol. The number of hydrogen-bond donors (Lipinski definition) is 3. The number of hydrogen-bond acceptors (Lipinski definition) is 3. The van der Waals surface area contributed by atoms with Crippen molar-refractivity contribution in [2.45, 2.75) is 71.0 Å². The van der Waals surface area contributed by atoms with Gasteiger partial charge in [-0.1, -0.05) is 6.92 Å². The third-order valence-electron chi connectivity index (χ3n) is 3.52. The summed E-state index contributed by atoms with van der Waals surface area (Å²) in [5.74, 6) is -0.214. The first kappa shape index (κ1) is 19.2. The average Bonchev–Trinajstić information content (AvgIpc) is 2.76. The number of amides is 2. The van der Waals surface area contributed by atoms with E-state index < -0.39 is 11.6 Å². The first-order chi connectivity index (χ1) is 8.70. The molecule has 0 radical (unpaired) electrons. The van der Waals surface area contributed by atoms with Crippen molar-refractivity contribution in [1.29, 1.82) is 0 Å². The van der Waals surface area contributed by atoms with E-state index in [1.165, 1.54) is 0 Å². The van der Waals surface area contributed by atoms with Crippen molar-refractivity contribution in [2.24, 2.45) is 0 Å². The van der Waals surface area contributed by atoms with E-state index in [4.69, 9.17) is 0 Å². The zero-order valence-electron chi connectivity index (χ0n) is 13.1. The molecular formula is C14H28ClN3O2. The van der Waals surface area contributed by atoms with Crippen LogP contribution in [0.4, 0.5) is 0 Å². The highest BCUT2D eigenvalue weighted by atomic mass is 35.5. The Morgan fingerprint density at radius 2 is 1.95 bits per heavy atom. The van der Waals surface area contributed by atoms with E-state index in [-0.39, 0.29) is 29.8 Å². The van der Waals surface area contributed by atoms with Gasteiger partial charge in [0.25, 0.3) is 0 Å². The SMILES string of the molecule is CCC1(C(=O)NC(C)C(=O)NC(C)(C)C)CCCN1.Cl. The number of carbonyl (C=O) groups excluding carboxylic acids is 2. The second-order valence-corrected chi connectivity index (χ2v) is 6.40. The van der Waals surface area contributed by atoms with Crippen LogP contribution in [0.1, 0.15) is 53.9 Å². The number of carbonyl (C=O) groups is 2. The molecule has 1 saturated heterocycles. The summed E-state index contributed by atoms with van der Waals surface area (Å²) in [5.41, 5.74) is -0.777. The van der Waals surface area contributed by atoms with Gasteiger partial charge in [0.1, 0.15) is 6.04 Å². The smallest absolute Gasteiger partial charge is 0.242 e. The lowest BCUT2D eigenvalue weighted by Gasteiger charge is -2.29. The highest BCUT2D eigenvalue weighted by Crippen LogP contribution is 2.23. The molecule has 118 valence electrons. The minimum atomic E-state index is -0.516. The van der Waals surface area contributed by atoms with Crippen LogP contribution in [0, 0.1) is 0 Å². The van der Waals surface area contributed by atoms with Crippen LogP contribution in [0.2, 0.25) is 0 Å². The van der Waals surface area contributed by atoms with Crippen molar-refractivity contribution in [2.75, 3.05) is 6.54 Å². The quantitative estimate of drug-likeness (QED) is 0.734. The molecule has 1 fully saturated rings. The summed E-state index contributed by atoms with van der Waals surface area (Å²) in [6.07, 6.45) is 2.58. The van der Waals surface area contributed by atoms with E-state index in [1.54, 1.807) is 6.92 Å². The monoisotopic (exact) mass is 305 g/mol. The molecule has 0 aromatic carbocycles. The Labute approximate surface area is 128 Å². The molecule has 2 unspecified atom stereocenters. The highest BCUT2D eigenvalue weighted by molar-refractivity contribution is 5.92. The topological polar surface area (TPSA) is 70.2 Å². The van der Waals surface area contributed by atoms with E-state index in [0.29, 0.717) is 0 Å². The molecule has 0 saturated carbocycles. The fourth-order valence-electron chi connectivity index (χ4n) is 2.34. The molecule has 1 aliphatic heterocycles. The van der Waals surface area contributed by atoms with Crippen molar-refractivity contribution in [3.05, 3.63) is 0 Å². The molecule has 20 heavy (non-hydrogen) atoms. The first-order valence-electron chi connectivity index (χ1n) is 7.08. The maximum atomic E-state index is 12.3. The third kappa shape index (κ3) is 4.94. The molecular weight excluding hydrogens is 278 g/mol. The maximum absolute atomic E-state index is 12.3. The minimum absolute atomic E-state index is 0. The molecule has 2 amide bonds. The van der Waals surface area contributed by atoms with Crippen LogP contribution in [-0.2, 0) is 9.59 Å². The van der Waals surface area contributed by atoms with Gasteiger partial charge in [-0.25, -0.2) is 0 Å². The number of halogens is 1. The Balaban J connectivity index is 0.00000361. The zero-order valence-corrected chi connectivity index (χ0v) is 13.9. The molecule has 0 aromatic rings. The van der Waals surface area contributed by atoms with Crippen molar-refractivity contribution >= 4 is 24.2 Å². The van der Waals surface area contributed by atoms with Gasteiger partial charge >= 0.3 is 0 Å². The number of nitrogens with one attached hydrogen (secondary N) is 3. The van der Waals surface area contributed by atoms with Gasteiger partial charge in [-0.15, -0.1) is 12.4 Å². The Morgan fingerprint density at radius 3 is 2.35 bits per heavy atom. The van der Waals surface area contributed by atoms with E-state index in [0.717, 1.165) is 25.8 Å². The molecule has 1 rings (SSSR count). The molecule has 2 atom stereocenters. The second-order valence-electron chi connectivity index (χ2n) is 6.40. The summed E-state index contributed by atoms with van der Waals surface area (Å²) >= 11 is 0. The van der Waals surface area contributed by atoms with Gasteiger partial charge in [0.15, 0.2) is 0 Å². The van der Waals surface area contributed by atoms with Crippen molar-refractivity contribution in [3.63, 3.8) is 0 Å². The predicted molar refractivity (Wildman–Crippen MR) is 83.0 cm³/mol. The molecule has 6 heteroatoms. The maximum Gasteiger partial charge on any atom is 0.242 e. The largest absolute Gasteiger partial charge is 0.350 e. The first-order valence-corrected chi connectivity index (χ1v) is 7.08. The van der Waals surface area contributed by atoms with Gasteiger partial charge < -0.3 is 16.0 Å². The van der Waals surface area contributed by atoms with Crippen LogP contribution in [0.3, 0.4) is 0 Å². The molecule has 1 heterocycles. The Hall–Kier alpha value is -0.810. The summed E-state index contributed by atoms with van der Waals surface area (Å²) in [5, 5.41) is 8.96. The van der Waals surface area contributed by atoms with E-state index >= 15 is 0 Å². The van der Waals surface area contributed by atoms with Crippen LogP contribution in [0.15, 0.2) is 0 Å². The van der Waals surface area contributed by atoms with E-state index in [1.807, 2.05) is 27.7 Å². The summed E-state index contributed by atoms with van der Waals surface area (Å²) < 4.78 is 0. The van der Waals surface area contributed by atoms with E-state index in [2.05, 4.69) is 16.0 Å². The van der Waals surface area contributed by atoms with Crippen LogP contribution in [-0.4, -0.2) is 35.5 Å². The normalized spacial score (nSPS) is 23.6. The Kier molecular flexibility index (Phi) is 6.98. The van der Waals surface area contributed by atoms with Crippen LogP contribution in [0.5, 0.6) is 0 Å². The van der Waals surface area contributed by atoms with Crippen molar-refractivity contribution in [3.8, 4) is 0 Å². The standard InChI is InChI=1S/C14H27N3O2.ClH/c1-6-14(8-7-9-15-14)12(19)16-10(2)11(18)17-13(3,4)5;/h10,15H,6-9H2,1-5H3,(H,16,19)(H,17,18);1H. The van der Waals surface area contributed by atoms with Gasteiger partial charge in [0.2, 0.25) is 11.8 Å². The third-order valence-corrected chi connectivity index (χ3v) is 3.52. The van der Waals surface area contributed by atoms with Gasteiger partial charge in [0.05, 0.1) is 5.54 Å². The highest BCUT2D eigenvalue weighted by Gasteiger charge is 2.40. The Bertz CT molecular complexity index is 347. The predicted octanol–water partition coefficient (Wildman–Crippen LogP) is 1.36. The van der Waals surface area contributed by atoms with Crippen LogP contribution < -0.4 is 16.0 Å². The Morgan fingerprint density at radius 1 is 1.35 bits per heavy atom. The molecule has 0 bridgehead atoms. The van der Waals surface area contributed by atoms with Gasteiger partial charge in [-0.05, 0) is 53.5 Å². The van der Waals surface area contributed by atoms with Crippen molar-refractivity contribution < 1.29 is 9.59 Å². The fraction of sp³-hybridized carbons (Fsp3) is 0.857. The summed E-state index contributed by atoms with van der Waals surface area (Å²) in [6, 6.07) is -0.516. The molecule has 5 nitrogen and oxygen atoms in total. The summed E-state index contributed by atoms with van der Waals surface area (Å²) in [6.45, 7) is 10.3. The van der Waals surface area contributed by atoms with E-state index in [9.17, 15) is 9.59 Å². The van der Waals surface area contributed by atoms with Crippen LogP contribution >= 0.6 is 12.4 Å². The molecule has 3 N–H and O–H groups in total. The molecule has 0 aromatic heterocycles. The second kappa shape index (κ2) is 7.27. The lowest BCUT2D eigenvalue weighted by molar-refractivity contribution is -0.132. The fourth-order valence-corrected chi connectivity index (χ4v) is 2.34. The van der Waals surface area contributed by atoms with Crippen LogP contribution in [0.25, 0.3) is 0 Å². The summed E-state index contributed by atoms with van der Waals surface area (Å²) in [4.78, 5) is 24.3. The molecule has 0 spiro atoms. The van der Waals surface area contributed by atoms with Crippen molar-refractivity contribution in [1.82, 2.24) is 16.0 Å².